The fraction of sp³-hybridized carbons (Fsp3) is 0.278. The van der Waals surface area contributed by atoms with Crippen LogP contribution in [0.1, 0.15) is 18.3 Å². The van der Waals surface area contributed by atoms with Crippen molar-refractivity contribution in [2.75, 3.05) is 13.7 Å². The van der Waals surface area contributed by atoms with Crippen LogP contribution in [0.3, 0.4) is 0 Å². The summed E-state index contributed by atoms with van der Waals surface area (Å²) in [7, 11) is 1.62. The molecule has 0 atom stereocenters. The van der Waals surface area contributed by atoms with Crippen LogP contribution in [0.4, 0.5) is 0 Å². The average Bonchev–Trinajstić information content (AvgIpc) is 3.08. The first-order valence-electron chi connectivity index (χ1n) is 8.34. The van der Waals surface area contributed by atoms with Gasteiger partial charge in [-0.3, -0.25) is 4.40 Å². The Morgan fingerprint density at radius 2 is 2.07 bits per heavy atom. The minimum atomic E-state index is 0. The van der Waals surface area contributed by atoms with Gasteiger partial charge in [0.25, 0.3) is 0 Å². The number of nitrogens with zero attached hydrogens (tertiary/aromatic N) is 4. The summed E-state index contributed by atoms with van der Waals surface area (Å²) in [6.07, 6.45) is 1.94. The molecule has 27 heavy (non-hydrogen) atoms. The molecule has 0 aliphatic carbocycles. The molecule has 0 fully saturated rings. The summed E-state index contributed by atoms with van der Waals surface area (Å²) in [5.74, 6) is 2.23. The minimum absolute atomic E-state index is 0. The van der Waals surface area contributed by atoms with E-state index in [1.165, 1.54) is 0 Å². The fourth-order valence-electron chi connectivity index (χ4n) is 2.53. The number of hydrogen-bond donors (Lipinski definition) is 2. The number of nitrogens with one attached hydrogen (secondary N) is 2. The summed E-state index contributed by atoms with van der Waals surface area (Å²) in [5.41, 5.74) is 1.78. The van der Waals surface area contributed by atoms with Crippen LogP contribution in [0.15, 0.2) is 47.6 Å². The zero-order valence-electron chi connectivity index (χ0n) is 15.1. The molecule has 0 radical (unpaired) electrons. The summed E-state index contributed by atoms with van der Waals surface area (Å²) in [6, 6.07) is 11.3. The highest BCUT2D eigenvalue weighted by molar-refractivity contribution is 14.0. The van der Waals surface area contributed by atoms with Gasteiger partial charge in [0.2, 0.25) is 0 Å². The molecule has 0 unspecified atom stereocenters. The van der Waals surface area contributed by atoms with Crippen molar-refractivity contribution in [2.45, 2.75) is 20.0 Å². The summed E-state index contributed by atoms with van der Waals surface area (Å²) in [5, 5.41) is 15.5. The molecule has 0 spiro atoms. The predicted molar refractivity (Wildman–Crippen MR) is 118 cm³/mol. The number of aromatic nitrogens is 3. The van der Waals surface area contributed by atoms with E-state index in [0.717, 1.165) is 29.3 Å². The summed E-state index contributed by atoms with van der Waals surface area (Å²) >= 11 is 6.01. The zero-order valence-corrected chi connectivity index (χ0v) is 18.2. The highest BCUT2D eigenvalue weighted by atomic mass is 127. The second-order valence-corrected chi connectivity index (χ2v) is 5.99. The predicted octanol–water partition coefficient (Wildman–Crippen LogP) is 3.26. The molecule has 9 heteroatoms. The summed E-state index contributed by atoms with van der Waals surface area (Å²) < 4.78 is 7.31. The molecule has 3 aromatic rings. The van der Waals surface area contributed by atoms with Crippen LogP contribution < -0.4 is 15.4 Å². The number of methoxy groups -OCH3 is 1. The van der Waals surface area contributed by atoms with Gasteiger partial charge in [-0.15, -0.1) is 34.2 Å². The Morgan fingerprint density at radius 3 is 2.85 bits per heavy atom. The number of ether oxygens (including phenoxy) is 1. The lowest BCUT2D eigenvalue weighted by Crippen LogP contribution is -2.37. The lowest BCUT2D eigenvalue weighted by atomic mass is 10.2. The van der Waals surface area contributed by atoms with E-state index in [0.29, 0.717) is 24.1 Å². The molecule has 0 amide bonds. The van der Waals surface area contributed by atoms with Gasteiger partial charge in [0.05, 0.1) is 20.2 Å². The maximum absolute atomic E-state index is 6.01. The quantitative estimate of drug-likeness (QED) is 0.309. The number of aliphatic imine (C=N–C) groups is 1. The molecule has 7 nitrogen and oxygen atoms in total. The van der Waals surface area contributed by atoms with Crippen molar-refractivity contribution < 1.29 is 4.74 Å². The van der Waals surface area contributed by atoms with E-state index in [2.05, 4.69) is 25.8 Å². The van der Waals surface area contributed by atoms with Crippen LogP contribution in [0.5, 0.6) is 5.75 Å². The number of guanidine groups is 1. The first kappa shape index (κ1) is 21.2. The van der Waals surface area contributed by atoms with E-state index < -0.39 is 0 Å². The molecule has 0 bridgehead atoms. The van der Waals surface area contributed by atoms with Crippen molar-refractivity contribution >= 4 is 47.2 Å². The highest BCUT2D eigenvalue weighted by Crippen LogP contribution is 2.23. The SMILES string of the molecule is CCNC(=NCc1ccc(Cl)cc1OC)NCc1nnc2ccccn12.I. The maximum atomic E-state index is 6.01. The van der Waals surface area contributed by atoms with Gasteiger partial charge in [0.15, 0.2) is 17.4 Å². The molecular weight excluding hydrogens is 479 g/mol. The Balaban J connectivity index is 0.00000261. The Morgan fingerprint density at radius 1 is 1.22 bits per heavy atom. The largest absolute Gasteiger partial charge is 0.496 e. The minimum Gasteiger partial charge on any atom is -0.496 e. The lowest BCUT2D eigenvalue weighted by molar-refractivity contribution is 0.410. The van der Waals surface area contributed by atoms with Crippen molar-refractivity contribution in [2.24, 2.45) is 4.99 Å². The molecule has 2 heterocycles. The Hall–Kier alpha value is -2.07. The molecule has 0 aliphatic heterocycles. The van der Waals surface area contributed by atoms with Crippen molar-refractivity contribution in [3.05, 3.63) is 59.0 Å². The van der Waals surface area contributed by atoms with Crippen LogP contribution in [0.25, 0.3) is 5.65 Å². The van der Waals surface area contributed by atoms with E-state index in [-0.39, 0.29) is 24.0 Å². The Bertz CT molecular complexity index is 914. The van der Waals surface area contributed by atoms with Gasteiger partial charge in [-0.2, -0.15) is 0 Å². The molecule has 144 valence electrons. The van der Waals surface area contributed by atoms with Crippen LogP contribution in [-0.2, 0) is 13.1 Å². The van der Waals surface area contributed by atoms with E-state index in [9.17, 15) is 0 Å². The molecule has 2 aromatic heterocycles. The van der Waals surface area contributed by atoms with Gasteiger partial charge < -0.3 is 15.4 Å². The average molecular weight is 501 g/mol. The molecule has 0 saturated heterocycles. The monoisotopic (exact) mass is 500 g/mol. The molecule has 3 rings (SSSR count). The van der Waals surface area contributed by atoms with Gasteiger partial charge >= 0.3 is 0 Å². The van der Waals surface area contributed by atoms with Crippen LogP contribution in [-0.4, -0.2) is 34.2 Å². The van der Waals surface area contributed by atoms with Crippen LogP contribution in [0, 0.1) is 0 Å². The first-order valence-corrected chi connectivity index (χ1v) is 8.72. The van der Waals surface area contributed by atoms with Crippen molar-refractivity contribution in [1.82, 2.24) is 25.2 Å². The van der Waals surface area contributed by atoms with E-state index in [1.54, 1.807) is 13.2 Å². The number of pyridine rings is 1. The number of rotatable bonds is 6. The second-order valence-electron chi connectivity index (χ2n) is 5.55. The van der Waals surface area contributed by atoms with Gasteiger partial charge in [0, 0.05) is 23.3 Å². The van der Waals surface area contributed by atoms with Gasteiger partial charge in [-0.05, 0) is 31.2 Å². The lowest BCUT2D eigenvalue weighted by Gasteiger charge is -2.12. The van der Waals surface area contributed by atoms with Crippen molar-refractivity contribution in [1.29, 1.82) is 0 Å². The number of hydrogen-bond acceptors (Lipinski definition) is 4. The van der Waals surface area contributed by atoms with E-state index in [4.69, 9.17) is 16.3 Å². The van der Waals surface area contributed by atoms with Crippen LogP contribution >= 0.6 is 35.6 Å². The molecular formula is C18H22ClIN6O. The van der Waals surface area contributed by atoms with Gasteiger partial charge in [-0.1, -0.05) is 23.7 Å². The van der Waals surface area contributed by atoms with Gasteiger partial charge in [-0.25, -0.2) is 4.99 Å². The molecule has 1 aromatic carbocycles. The zero-order chi connectivity index (χ0) is 18.4. The van der Waals surface area contributed by atoms with Crippen molar-refractivity contribution in [3.8, 4) is 5.75 Å². The molecule has 2 N–H and O–H groups in total. The fourth-order valence-corrected chi connectivity index (χ4v) is 2.69. The third-order valence-electron chi connectivity index (χ3n) is 3.80. The van der Waals surface area contributed by atoms with E-state index >= 15 is 0 Å². The third-order valence-corrected chi connectivity index (χ3v) is 4.03. The smallest absolute Gasteiger partial charge is 0.191 e. The normalized spacial score (nSPS) is 11.1. The Labute approximate surface area is 180 Å². The topological polar surface area (TPSA) is 75.8 Å². The summed E-state index contributed by atoms with van der Waals surface area (Å²) in [4.78, 5) is 4.62. The first-order chi connectivity index (χ1) is 12.7. The second kappa shape index (κ2) is 10.3. The molecule has 0 saturated carbocycles. The Kier molecular flexibility index (Phi) is 8.11. The number of fused-ring (bicyclic) bond motifs is 1. The van der Waals surface area contributed by atoms with Crippen molar-refractivity contribution in [3.63, 3.8) is 0 Å². The highest BCUT2D eigenvalue weighted by Gasteiger charge is 2.07. The van der Waals surface area contributed by atoms with Gasteiger partial charge in [0.1, 0.15) is 5.75 Å². The number of benzene rings is 1. The summed E-state index contributed by atoms with van der Waals surface area (Å²) in [6.45, 7) is 3.75. The maximum Gasteiger partial charge on any atom is 0.191 e. The van der Waals surface area contributed by atoms with E-state index in [1.807, 2.05) is 47.9 Å². The standard InChI is InChI=1S/C18H21ClN6O.HI/c1-3-20-18(21-11-13-7-8-14(19)10-15(13)26-2)22-12-17-24-23-16-6-4-5-9-25(16)17;/h4-10H,3,11-12H2,1-2H3,(H2,20,21,22);1H. The number of halogens is 2. The van der Waals surface area contributed by atoms with Crippen LogP contribution in [0.2, 0.25) is 5.02 Å². The molecule has 0 aliphatic rings. The third kappa shape index (κ3) is 5.46.